The zero-order valence-electron chi connectivity index (χ0n) is 11.1. The van der Waals surface area contributed by atoms with Crippen molar-refractivity contribution in [3.8, 4) is 10.4 Å². The van der Waals surface area contributed by atoms with E-state index < -0.39 is 0 Å². The molecule has 1 heterocycles. The number of rotatable bonds is 4. The molecule has 0 aliphatic heterocycles. The number of nitrogens with two attached hydrogens (primary N) is 1. The van der Waals surface area contributed by atoms with Crippen molar-refractivity contribution in [3.63, 3.8) is 0 Å². The molecule has 0 atom stereocenters. The molecule has 0 saturated carbocycles. The molecule has 0 spiro atoms. The van der Waals surface area contributed by atoms with Gasteiger partial charge in [0.25, 0.3) is 0 Å². The summed E-state index contributed by atoms with van der Waals surface area (Å²) in [5, 5.41) is 0.507. The second kappa shape index (κ2) is 5.89. The van der Waals surface area contributed by atoms with Crippen molar-refractivity contribution in [2.75, 3.05) is 12.3 Å². The zero-order chi connectivity index (χ0) is 13.8. The van der Waals surface area contributed by atoms with Crippen molar-refractivity contribution in [1.82, 2.24) is 0 Å². The highest BCUT2D eigenvalue weighted by atomic mass is 32.1. The number of anilines is 1. The Hall–Kier alpha value is -1.81. The Balaban J connectivity index is 2.20. The number of ether oxygens (including phenoxy) is 1. The molecule has 0 unspecified atom stereocenters. The van der Waals surface area contributed by atoms with Gasteiger partial charge in [-0.15, -0.1) is 11.3 Å². The number of carbonyl (C=O) groups is 1. The summed E-state index contributed by atoms with van der Waals surface area (Å²) in [6.45, 7) is 4.41. The van der Waals surface area contributed by atoms with Crippen LogP contribution < -0.4 is 5.73 Å². The van der Waals surface area contributed by atoms with Gasteiger partial charge in [0.2, 0.25) is 0 Å². The SMILES string of the molecule is CC(C)COC(=O)c1cc(-c2ccccc2)sc1N. The highest BCUT2D eigenvalue weighted by Gasteiger charge is 2.16. The number of hydrogen-bond donors (Lipinski definition) is 1. The van der Waals surface area contributed by atoms with E-state index in [0.717, 1.165) is 10.4 Å². The molecule has 0 saturated heterocycles. The van der Waals surface area contributed by atoms with E-state index in [1.807, 2.05) is 44.2 Å². The summed E-state index contributed by atoms with van der Waals surface area (Å²) in [7, 11) is 0. The maximum atomic E-state index is 11.9. The van der Waals surface area contributed by atoms with Gasteiger partial charge < -0.3 is 10.5 Å². The molecular formula is C15H17NO2S. The number of thiophene rings is 1. The van der Waals surface area contributed by atoms with Gasteiger partial charge in [0.05, 0.1) is 12.2 Å². The Labute approximate surface area is 117 Å². The maximum Gasteiger partial charge on any atom is 0.341 e. The zero-order valence-corrected chi connectivity index (χ0v) is 11.9. The lowest BCUT2D eigenvalue weighted by Crippen LogP contribution is -2.10. The number of carbonyl (C=O) groups excluding carboxylic acids is 1. The van der Waals surface area contributed by atoms with Crippen LogP contribution in [0, 0.1) is 5.92 Å². The fourth-order valence-electron chi connectivity index (χ4n) is 1.63. The third-order valence-corrected chi connectivity index (χ3v) is 3.60. The standard InChI is InChI=1S/C15H17NO2S/c1-10(2)9-18-15(17)12-8-13(19-14(12)16)11-6-4-3-5-7-11/h3-8,10H,9,16H2,1-2H3. The van der Waals surface area contributed by atoms with Crippen LogP contribution in [0.25, 0.3) is 10.4 Å². The Morgan fingerprint density at radius 3 is 2.63 bits per heavy atom. The third-order valence-electron chi connectivity index (χ3n) is 2.59. The molecule has 0 aliphatic rings. The van der Waals surface area contributed by atoms with Gasteiger partial charge in [-0.05, 0) is 17.5 Å². The first-order chi connectivity index (χ1) is 9.08. The summed E-state index contributed by atoms with van der Waals surface area (Å²) in [6.07, 6.45) is 0. The van der Waals surface area contributed by atoms with Gasteiger partial charge in [0, 0.05) is 4.88 Å². The van der Waals surface area contributed by atoms with Crippen molar-refractivity contribution < 1.29 is 9.53 Å². The summed E-state index contributed by atoms with van der Waals surface area (Å²) < 4.78 is 5.21. The van der Waals surface area contributed by atoms with E-state index in [4.69, 9.17) is 10.5 Å². The van der Waals surface area contributed by atoms with Crippen LogP contribution in [0.15, 0.2) is 36.4 Å². The average Bonchev–Trinajstić information content (AvgIpc) is 2.79. The number of esters is 1. The number of nitrogen functional groups attached to an aromatic ring is 1. The smallest absolute Gasteiger partial charge is 0.341 e. The molecule has 100 valence electrons. The minimum Gasteiger partial charge on any atom is -0.462 e. The number of benzene rings is 1. The van der Waals surface area contributed by atoms with Gasteiger partial charge in [0.1, 0.15) is 5.00 Å². The summed E-state index contributed by atoms with van der Waals surface area (Å²) >= 11 is 1.41. The van der Waals surface area contributed by atoms with Gasteiger partial charge in [-0.25, -0.2) is 4.79 Å². The minimum atomic E-state index is -0.343. The van der Waals surface area contributed by atoms with Crippen LogP contribution in [0.3, 0.4) is 0 Å². The maximum absolute atomic E-state index is 11.9. The molecule has 19 heavy (non-hydrogen) atoms. The first-order valence-corrected chi connectivity index (χ1v) is 7.01. The summed E-state index contributed by atoms with van der Waals surface area (Å²) in [6, 6.07) is 11.7. The normalized spacial score (nSPS) is 10.7. The molecule has 0 bridgehead atoms. The molecule has 0 amide bonds. The van der Waals surface area contributed by atoms with Gasteiger partial charge in [-0.2, -0.15) is 0 Å². The number of hydrogen-bond acceptors (Lipinski definition) is 4. The third kappa shape index (κ3) is 3.35. The lowest BCUT2D eigenvalue weighted by atomic mass is 10.1. The van der Waals surface area contributed by atoms with Crippen LogP contribution in [-0.2, 0) is 4.74 Å². The fourth-order valence-corrected chi connectivity index (χ4v) is 2.55. The van der Waals surface area contributed by atoms with Gasteiger partial charge in [-0.1, -0.05) is 44.2 Å². The predicted octanol–water partition coefficient (Wildman–Crippen LogP) is 3.81. The van der Waals surface area contributed by atoms with Crippen LogP contribution in [0.5, 0.6) is 0 Å². The van der Waals surface area contributed by atoms with Gasteiger partial charge in [-0.3, -0.25) is 0 Å². The van der Waals surface area contributed by atoms with E-state index in [2.05, 4.69) is 0 Å². The largest absolute Gasteiger partial charge is 0.462 e. The minimum absolute atomic E-state index is 0.317. The van der Waals surface area contributed by atoms with E-state index in [1.54, 1.807) is 6.07 Å². The van der Waals surface area contributed by atoms with Gasteiger partial charge >= 0.3 is 5.97 Å². The Morgan fingerprint density at radius 2 is 2.00 bits per heavy atom. The second-order valence-corrected chi connectivity index (χ2v) is 5.83. The molecule has 2 rings (SSSR count). The molecule has 2 aromatic rings. The lowest BCUT2D eigenvalue weighted by molar-refractivity contribution is 0.0461. The molecule has 1 aromatic carbocycles. The molecule has 0 fully saturated rings. The van der Waals surface area contributed by atoms with Crippen LogP contribution in [-0.4, -0.2) is 12.6 Å². The molecule has 2 N–H and O–H groups in total. The van der Waals surface area contributed by atoms with Crippen LogP contribution >= 0.6 is 11.3 Å². The van der Waals surface area contributed by atoms with E-state index in [0.29, 0.717) is 23.1 Å². The van der Waals surface area contributed by atoms with Crippen molar-refractivity contribution in [2.45, 2.75) is 13.8 Å². The molecule has 1 aromatic heterocycles. The van der Waals surface area contributed by atoms with E-state index in [1.165, 1.54) is 11.3 Å². The summed E-state index contributed by atoms with van der Waals surface area (Å²) in [4.78, 5) is 12.9. The molecule has 0 aliphatic carbocycles. The monoisotopic (exact) mass is 275 g/mol. The summed E-state index contributed by atoms with van der Waals surface area (Å²) in [5.74, 6) is -0.0259. The van der Waals surface area contributed by atoms with Gasteiger partial charge in [0.15, 0.2) is 0 Å². The van der Waals surface area contributed by atoms with E-state index >= 15 is 0 Å². The highest BCUT2D eigenvalue weighted by Crippen LogP contribution is 2.33. The van der Waals surface area contributed by atoms with E-state index in [-0.39, 0.29) is 5.97 Å². The van der Waals surface area contributed by atoms with E-state index in [9.17, 15) is 4.79 Å². The summed E-state index contributed by atoms with van der Waals surface area (Å²) in [5.41, 5.74) is 7.42. The fraction of sp³-hybridized carbons (Fsp3) is 0.267. The second-order valence-electron chi connectivity index (χ2n) is 4.75. The van der Waals surface area contributed by atoms with Crippen molar-refractivity contribution in [1.29, 1.82) is 0 Å². The average molecular weight is 275 g/mol. The molecule has 4 heteroatoms. The first-order valence-electron chi connectivity index (χ1n) is 6.19. The van der Waals surface area contributed by atoms with Crippen LogP contribution in [0.4, 0.5) is 5.00 Å². The van der Waals surface area contributed by atoms with Crippen molar-refractivity contribution in [2.24, 2.45) is 5.92 Å². The quantitative estimate of drug-likeness (QED) is 0.863. The Bertz CT molecular complexity index is 561. The first kappa shape index (κ1) is 13.6. The van der Waals surface area contributed by atoms with Crippen molar-refractivity contribution >= 4 is 22.3 Å². The molecule has 3 nitrogen and oxygen atoms in total. The topological polar surface area (TPSA) is 52.3 Å². The van der Waals surface area contributed by atoms with Crippen LogP contribution in [0.1, 0.15) is 24.2 Å². The highest BCUT2D eigenvalue weighted by molar-refractivity contribution is 7.19. The van der Waals surface area contributed by atoms with Crippen LogP contribution in [0.2, 0.25) is 0 Å². The molecule has 0 radical (unpaired) electrons. The predicted molar refractivity (Wildman–Crippen MR) is 79.3 cm³/mol. The van der Waals surface area contributed by atoms with Crippen molar-refractivity contribution in [3.05, 3.63) is 42.0 Å². The lowest BCUT2D eigenvalue weighted by Gasteiger charge is -2.06. The molecular weight excluding hydrogens is 258 g/mol. The Kier molecular flexibility index (Phi) is 4.22. The Morgan fingerprint density at radius 1 is 1.32 bits per heavy atom.